The first-order valence-electron chi connectivity index (χ1n) is 2.98. The second-order valence-corrected chi connectivity index (χ2v) is 2.18. The number of alkyl halides is 3. The van der Waals surface area contributed by atoms with Crippen LogP contribution in [-0.4, -0.2) is 6.18 Å². The minimum Gasteiger partial charge on any atom is -0.165 e. The molecule has 58 valence electrons. The molecule has 0 saturated heterocycles. The number of hydrogen-bond acceptors (Lipinski definition) is 0. The van der Waals surface area contributed by atoms with Crippen molar-refractivity contribution < 1.29 is 13.2 Å². The Balaban J connectivity index is 3.13. The van der Waals surface area contributed by atoms with Gasteiger partial charge in [0.25, 0.3) is 0 Å². The quantitative estimate of drug-likeness (QED) is 0.475. The van der Waals surface area contributed by atoms with Crippen LogP contribution in [0.5, 0.6) is 0 Å². The van der Waals surface area contributed by atoms with Gasteiger partial charge in [0.05, 0.1) is 0 Å². The van der Waals surface area contributed by atoms with E-state index in [4.69, 9.17) is 0 Å². The van der Waals surface area contributed by atoms with Crippen LogP contribution in [0.15, 0.2) is 34.8 Å². The van der Waals surface area contributed by atoms with Gasteiger partial charge in [-0.2, -0.15) is 13.2 Å². The normalized spacial score (nSPS) is 16.4. The highest BCUT2D eigenvalue weighted by molar-refractivity contribution is 5.33. The molecule has 3 heteroatoms. The molecule has 0 atom stereocenters. The summed E-state index contributed by atoms with van der Waals surface area (Å²) in [6, 6.07) is 0. The van der Waals surface area contributed by atoms with E-state index in [1.807, 2.05) is 5.73 Å². The summed E-state index contributed by atoms with van der Waals surface area (Å²) in [4.78, 5) is 0. The van der Waals surface area contributed by atoms with Gasteiger partial charge in [-0.3, -0.25) is 0 Å². The lowest BCUT2D eigenvalue weighted by Crippen LogP contribution is -2.09. The highest BCUT2D eigenvalue weighted by atomic mass is 19.4. The highest BCUT2D eigenvalue weighted by Gasteiger charge is 2.32. The van der Waals surface area contributed by atoms with Gasteiger partial charge in [-0.1, -0.05) is 11.5 Å². The van der Waals surface area contributed by atoms with Crippen molar-refractivity contribution in [1.29, 1.82) is 0 Å². The van der Waals surface area contributed by atoms with Crippen LogP contribution in [0.4, 0.5) is 13.2 Å². The molecule has 0 aromatic rings. The van der Waals surface area contributed by atoms with Gasteiger partial charge in [-0.15, -0.1) is 0 Å². The van der Waals surface area contributed by atoms with Crippen molar-refractivity contribution in [3.63, 3.8) is 0 Å². The van der Waals surface area contributed by atoms with E-state index in [-0.39, 0.29) is 0 Å². The van der Waals surface area contributed by atoms with Crippen LogP contribution in [0.3, 0.4) is 0 Å². The topological polar surface area (TPSA) is 0 Å². The van der Waals surface area contributed by atoms with Crippen molar-refractivity contribution in [2.75, 3.05) is 0 Å². The first-order chi connectivity index (χ1) is 5.00. The molecule has 0 amide bonds. The van der Waals surface area contributed by atoms with Crippen molar-refractivity contribution in [1.82, 2.24) is 0 Å². The maximum atomic E-state index is 11.9. The Morgan fingerprint density at radius 3 is 2.18 bits per heavy atom. The maximum absolute atomic E-state index is 11.9. The first-order valence-corrected chi connectivity index (χ1v) is 2.98. The average Bonchev–Trinajstić information content (AvgIpc) is 1.86. The molecule has 0 bridgehead atoms. The fourth-order valence-corrected chi connectivity index (χ4v) is 0.623. The molecular formula is C8H5F3. The standard InChI is InChI=1S/C8H5F3/c1-6-2-4-7(5-3-6)8(9,10)11/h2,4H,1H3. The Morgan fingerprint density at radius 1 is 1.18 bits per heavy atom. The van der Waals surface area contributed by atoms with Crippen LogP contribution < -0.4 is 0 Å². The summed E-state index contributed by atoms with van der Waals surface area (Å²) in [7, 11) is 0. The molecule has 1 rings (SSSR count). The lowest BCUT2D eigenvalue weighted by Gasteiger charge is -2.04. The van der Waals surface area contributed by atoms with Crippen molar-refractivity contribution >= 4 is 0 Å². The Hall–Kier alpha value is -1.17. The first kappa shape index (κ1) is 7.93. The minimum absolute atomic E-state index is 0.651. The molecule has 0 fully saturated rings. The second kappa shape index (κ2) is 2.46. The summed E-state index contributed by atoms with van der Waals surface area (Å²) in [5.41, 5.74) is 4.26. The number of allylic oxidation sites excluding steroid dienone is 4. The zero-order valence-electron chi connectivity index (χ0n) is 5.79. The number of halogens is 3. The predicted octanol–water partition coefficient (Wildman–Crippen LogP) is 2.75. The monoisotopic (exact) mass is 158 g/mol. The molecule has 0 spiro atoms. The van der Waals surface area contributed by atoms with Crippen LogP contribution >= 0.6 is 0 Å². The summed E-state index contributed by atoms with van der Waals surface area (Å²) in [5, 5.41) is 0. The maximum Gasteiger partial charge on any atom is 0.424 e. The third-order valence-electron chi connectivity index (χ3n) is 1.20. The van der Waals surface area contributed by atoms with E-state index in [1.54, 1.807) is 6.92 Å². The Morgan fingerprint density at radius 2 is 1.82 bits per heavy atom. The second-order valence-electron chi connectivity index (χ2n) is 2.18. The van der Waals surface area contributed by atoms with Gasteiger partial charge in [0.2, 0.25) is 0 Å². The molecule has 1 aliphatic rings. The van der Waals surface area contributed by atoms with Crippen LogP contribution in [0, 0.1) is 0 Å². The van der Waals surface area contributed by atoms with Crippen LogP contribution in [0.25, 0.3) is 0 Å². The molecule has 0 unspecified atom stereocenters. The zero-order valence-corrected chi connectivity index (χ0v) is 5.79. The molecule has 1 aliphatic carbocycles. The molecule has 0 heterocycles. The largest absolute Gasteiger partial charge is 0.424 e. The fourth-order valence-electron chi connectivity index (χ4n) is 0.623. The zero-order chi connectivity index (χ0) is 8.48. The molecule has 0 aromatic carbocycles. The van der Waals surface area contributed by atoms with Gasteiger partial charge in [0.15, 0.2) is 0 Å². The lowest BCUT2D eigenvalue weighted by molar-refractivity contribution is -0.0880. The molecule has 0 nitrogen and oxygen atoms in total. The van der Waals surface area contributed by atoms with Gasteiger partial charge < -0.3 is 0 Å². The third kappa shape index (κ3) is 1.87. The van der Waals surface area contributed by atoms with Crippen LogP contribution in [0.2, 0.25) is 0 Å². The molecular weight excluding hydrogens is 153 g/mol. The summed E-state index contributed by atoms with van der Waals surface area (Å²) < 4.78 is 35.6. The predicted molar refractivity (Wildman–Crippen MR) is 34.9 cm³/mol. The Kier molecular flexibility index (Phi) is 1.77. The minimum atomic E-state index is -4.30. The van der Waals surface area contributed by atoms with Crippen LogP contribution in [-0.2, 0) is 0 Å². The highest BCUT2D eigenvalue weighted by Crippen LogP contribution is 2.26. The van der Waals surface area contributed by atoms with E-state index in [2.05, 4.69) is 5.73 Å². The SMILES string of the molecule is CC1=C=C=C(C(F)(F)F)C=C1. The summed E-state index contributed by atoms with van der Waals surface area (Å²) in [5.74, 6) is 0. The molecule has 11 heavy (non-hydrogen) atoms. The van der Waals surface area contributed by atoms with E-state index in [0.717, 1.165) is 6.08 Å². The van der Waals surface area contributed by atoms with Crippen molar-refractivity contribution in [2.24, 2.45) is 0 Å². The third-order valence-corrected chi connectivity index (χ3v) is 1.20. The van der Waals surface area contributed by atoms with E-state index < -0.39 is 11.7 Å². The van der Waals surface area contributed by atoms with Gasteiger partial charge in [-0.25, -0.2) is 0 Å². The molecule has 0 saturated carbocycles. The van der Waals surface area contributed by atoms with Gasteiger partial charge >= 0.3 is 6.18 Å². The lowest BCUT2D eigenvalue weighted by atomic mass is 10.1. The van der Waals surface area contributed by atoms with E-state index in [0.29, 0.717) is 5.57 Å². The van der Waals surface area contributed by atoms with Gasteiger partial charge in [0.1, 0.15) is 5.57 Å². The Labute approximate surface area is 62.0 Å². The van der Waals surface area contributed by atoms with Crippen molar-refractivity contribution in [2.45, 2.75) is 13.1 Å². The fraction of sp³-hybridized carbons (Fsp3) is 0.250. The van der Waals surface area contributed by atoms with E-state index in [1.165, 1.54) is 6.08 Å². The van der Waals surface area contributed by atoms with Crippen molar-refractivity contribution in [3.8, 4) is 0 Å². The number of hydrogen-bond donors (Lipinski definition) is 0. The van der Waals surface area contributed by atoms with Gasteiger partial charge in [0, 0.05) is 0 Å². The summed E-state index contributed by atoms with van der Waals surface area (Å²) in [6.45, 7) is 1.66. The molecule has 0 aliphatic heterocycles. The Bertz CT molecular complexity index is 292. The summed E-state index contributed by atoms with van der Waals surface area (Å²) in [6.07, 6.45) is -1.95. The van der Waals surface area contributed by atoms with E-state index >= 15 is 0 Å². The van der Waals surface area contributed by atoms with Gasteiger partial charge in [-0.05, 0) is 24.6 Å². The number of rotatable bonds is 0. The smallest absolute Gasteiger partial charge is 0.165 e. The molecule has 0 aromatic heterocycles. The molecule has 0 N–H and O–H groups in total. The van der Waals surface area contributed by atoms with E-state index in [9.17, 15) is 13.2 Å². The molecule has 0 radical (unpaired) electrons. The van der Waals surface area contributed by atoms with Crippen molar-refractivity contribution in [3.05, 3.63) is 34.8 Å². The average molecular weight is 158 g/mol. The summed E-state index contributed by atoms with van der Waals surface area (Å²) >= 11 is 0. The van der Waals surface area contributed by atoms with Crippen LogP contribution in [0.1, 0.15) is 6.92 Å².